The smallest absolute Gasteiger partial charge is 0.388 e. The first-order valence-corrected chi connectivity index (χ1v) is 9.81. The van der Waals surface area contributed by atoms with Crippen LogP contribution in [0.2, 0.25) is 5.02 Å². The molecular formula is C21H21ClN4O3. The highest BCUT2D eigenvalue weighted by Gasteiger charge is 2.24. The molecule has 0 unspecified atom stereocenters. The third kappa shape index (κ3) is 4.19. The minimum atomic E-state index is -0.634. The number of hydrogen-bond donors (Lipinski definition) is 0. The molecular weight excluding hydrogens is 392 g/mol. The van der Waals surface area contributed by atoms with Gasteiger partial charge in [0.1, 0.15) is 6.54 Å². The number of halogens is 1. The maximum atomic E-state index is 12.7. The van der Waals surface area contributed by atoms with E-state index in [0.717, 1.165) is 15.9 Å². The second kappa shape index (κ2) is 8.13. The van der Waals surface area contributed by atoms with E-state index in [1.807, 2.05) is 43.3 Å². The Kier molecular flexibility index (Phi) is 5.40. The standard InChI is InChI=1S/C21H21ClN4O3/c1-15-7-8-17(22)13-18(15)24-9-11-25(12-10-24)19(27)14-26-21(28)29-20(23-26)16-5-3-2-4-6-16/h2-8,13H,9-12,14H2,1H3. The van der Waals surface area contributed by atoms with Gasteiger partial charge in [-0.1, -0.05) is 35.9 Å². The van der Waals surface area contributed by atoms with E-state index < -0.39 is 5.76 Å². The molecule has 3 aromatic rings. The summed E-state index contributed by atoms with van der Waals surface area (Å²) in [6.07, 6.45) is 0. The fourth-order valence-electron chi connectivity index (χ4n) is 3.45. The number of nitrogens with zero attached hydrogens (tertiary/aromatic N) is 4. The summed E-state index contributed by atoms with van der Waals surface area (Å²) < 4.78 is 6.27. The number of piperazine rings is 1. The third-order valence-corrected chi connectivity index (χ3v) is 5.29. The van der Waals surface area contributed by atoms with Gasteiger partial charge in [-0.05, 0) is 36.8 Å². The van der Waals surface area contributed by atoms with E-state index in [0.29, 0.717) is 36.8 Å². The lowest BCUT2D eigenvalue weighted by molar-refractivity contribution is -0.132. The number of amides is 1. The minimum absolute atomic E-state index is 0.134. The Morgan fingerprint density at radius 1 is 1.10 bits per heavy atom. The summed E-state index contributed by atoms with van der Waals surface area (Å²) in [5.74, 6) is -0.572. The number of benzene rings is 2. The van der Waals surface area contributed by atoms with E-state index in [9.17, 15) is 9.59 Å². The normalized spacial score (nSPS) is 14.3. The Morgan fingerprint density at radius 2 is 1.83 bits per heavy atom. The predicted octanol–water partition coefficient (Wildman–Crippen LogP) is 2.81. The molecule has 4 rings (SSSR count). The number of aromatic nitrogens is 2. The molecule has 2 heterocycles. The molecule has 1 fully saturated rings. The summed E-state index contributed by atoms with van der Waals surface area (Å²) in [4.78, 5) is 28.7. The van der Waals surface area contributed by atoms with Crippen LogP contribution in [0, 0.1) is 6.92 Å². The van der Waals surface area contributed by atoms with Gasteiger partial charge in [0.05, 0.1) is 0 Å². The second-order valence-electron chi connectivity index (χ2n) is 7.00. The molecule has 0 spiro atoms. The average molecular weight is 413 g/mol. The zero-order valence-electron chi connectivity index (χ0n) is 16.0. The van der Waals surface area contributed by atoms with Crippen molar-refractivity contribution in [3.05, 3.63) is 69.7 Å². The van der Waals surface area contributed by atoms with Crippen LogP contribution < -0.4 is 10.7 Å². The fourth-order valence-corrected chi connectivity index (χ4v) is 3.62. The number of rotatable bonds is 4. The Hall–Kier alpha value is -3.06. The Morgan fingerprint density at radius 3 is 2.55 bits per heavy atom. The van der Waals surface area contributed by atoms with E-state index in [-0.39, 0.29) is 18.3 Å². The minimum Gasteiger partial charge on any atom is -0.388 e. The van der Waals surface area contributed by atoms with Crippen molar-refractivity contribution in [1.29, 1.82) is 0 Å². The number of hydrogen-bond acceptors (Lipinski definition) is 5. The van der Waals surface area contributed by atoms with Crippen molar-refractivity contribution in [2.75, 3.05) is 31.1 Å². The van der Waals surface area contributed by atoms with Gasteiger partial charge in [-0.3, -0.25) is 4.79 Å². The van der Waals surface area contributed by atoms with Gasteiger partial charge in [0.2, 0.25) is 11.8 Å². The topological polar surface area (TPSA) is 71.6 Å². The van der Waals surface area contributed by atoms with Crippen LogP contribution in [0.15, 0.2) is 57.7 Å². The van der Waals surface area contributed by atoms with Gasteiger partial charge in [0.15, 0.2) is 0 Å². The van der Waals surface area contributed by atoms with Crippen LogP contribution in [0.3, 0.4) is 0 Å². The molecule has 1 saturated heterocycles. The van der Waals surface area contributed by atoms with Crippen molar-refractivity contribution in [3.8, 4) is 11.5 Å². The number of aryl methyl sites for hydroxylation is 1. The maximum absolute atomic E-state index is 12.7. The molecule has 1 aliphatic heterocycles. The molecule has 0 saturated carbocycles. The van der Waals surface area contributed by atoms with Gasteiger partial charge in [0.25, 0.3) is 0 Å². The highest BCUT2D eigenvalue weighted by molar-refractivity contribution is 6.30. The van der Waals surface area contributed by atoms with Crippen molar-refractivity contribution in [3.63, 3.8) is 0 Å². The van der Waals surface area contributed by atoms with E-state index in [1.54, 1.807) is 17.0 Å². The van der Waals surface area contributed by atoms with E-state index >= 15 is 0 Å². The van der Waals surface area contributed by atoms with Crippen LogP contribution in [0.5, 0.6) is 0 Å². The van der Waals surface area contributed by atoms with Crippen molar-refractivity contribution >= 4 is 23.2 Å². The van der Waals surface area contributed by atoms with Crippen LogP contribution in [-0.2, 0) is 11.3 Å². The summed E-state index contributed by atoms with van der Waals surface area (Å²) in [5.41, 5.74) is 2.93. The van der Waals surface area contributed by atoms with E-state index in [1.165, 1.54) is 0 Å². The van der Waals surface area contributed by atoms with Crippen molar-refractivity contribution in [2.24, 2.45) is 0 Å². The zero-order valence-corrected chi connectivity index (χ0v) is 16.8. The van der Waals surface area contributed by atoms with Crippen LogP contribution >= 0.6 is 11.6 Å². The Balaban J connectivity index is 1.40. The first-order chi connectivity index (χ1) is 14.0. The molecule has 2 aromatic carbocycles. The van der Waals surface area contributed by atoms with E-state index in [2.05, 4.69) is 10.00 Å². The fraction of sp³-hybridized carbons (Fsp3) is 0.286. The van der Waals surface area contributed by atoms with Crippen LogP contribution in [-0.4, -0.2) is 46.8 Å². The lowest BCUT2D eigenvalue weighted by Crippen LogP contribution is -2.50. The van der Waals surface area contributed by atoms with Gasteiger partial charge in [-0.15, -0.1) is 5.10 Å². The quantitative estimate of drug-likeness (QED) is 0.659. The predicted molar refractivity (Wildman–Crippen MR) is 111 cm³/mol. The first kappa shape index (κ1) is 19.3. The summed E-state index contributed by atoms with van der Waals surface area (Å²) in [7, 11) is 0. The lowest BCUT2D eigenvalue weighted by atomic mass is 10.1. The second-order valence-corrected chi connectivity index (χ2v) is 7.43. The number of carbonyl (C=O) groups is 1. The van der Waals surface area contributed by atoms with Crippen LogP contribution in [0.4, 0.5) is 5.69 Å². The number of carbonyl (C=O) groups excluding carboxylic acids is 1. The van der Waals surface area contributed by atoms with Crippen LogP contribution in [0.25, 0.3) is 11.5 Å². The third-order valence-electron chi connectivity index (χ3n) is 5.06. The summed E-state index contributed by atoms with van der Waals surface area (Å²) >= 11 is 6.13. The summed E-state index contributed by atoms with van der Waals surface area (Å²) in [6.45, 7) is 4.47. The Bertz CT molecular complexity index is 1070. The molecule has 150 valence electrons. The SMILES string of the molecule is Cc1ccc(Cl)cc1N1CCN(C(=O)Cn2nc(-c3ccccc3)oc2=O)CC1. The molecule has 1 aromatic heterocycles. The molecule has 0 N–H and O–H groups in total. The Labute approximate surface area is 173 Å². The van der Waals surface area contributed by atoms with Crippen LogP contribution in [0.1, 0.15) is 5.56 Å². The largest absolute Gasteiger partial charge is 0.437 e. The zero-order chi connectivity index (χ0) is 20.4. The van der Waals surface area contributed by atoms with E-state index in [4.69, 9.17) is 16.0 Å². The van der Waals surface area contributed by atoms with Gasteiger partial charge in [-0.25, -0.2) is 4.79 Å². The van der Waals surface area contributed by atoms with Gasteiger partial charge < -0.3 is 14.2 Å². The van der Waals surface area contributed by atoms with Gasteiger partial charge in [-0.2, -0.15) is 4.68 Å². The molecule has 0 aliphatic carbocycles. The van der Waals surface area contributed by atoms with Gasteiger partial charge >= 0.3 is 5.76 Å². The summed E-state index contributed by atoms with van der Waals surface area (Å²) in [6, 6.07) is 15.0. The summed E-state index contributed by atoms with van der Waals surface area (Å²) in [5, 5.41) is 4.86. The van der Waals surface area contributed by atoms with Crippen molar-refractivity contribution < 1.29 is 9.21 Å². The molecule has 1 aliphatic rings. The number of anilines is 1. The molecule has 1 amide bonds. The molecule has 8 heteroatoms. The molecule has 7 nitrogen and oxygen atoms in total. The van der Waals surface area contributed by atoms with Crippen molar-refractivity contribution in [1.82, 2.24) is 14.7 Å². The van der Waals surface area contributed by atoms with Gasteiger partial charge in [0, 0.05) is 42.5 Å². The first-order valence-electron chi connectivity index (χ1n) is 9.43. The average Bonchev–Trinajstić information content (AvgIpc) is 3.11. The monoisotopic (exact) mass is 412 g/mol. The highest BCUT2D eigenvalue weighted by atomic mass is 35.5. The molecule has 0 radical (unpaired) electrons. The molecule has 0 bridgehead atoms. The highest BCUT2D eigenvalue weighted by Crippen LogP contribution is 2.25. The van der Waals surface area contributed by atoms with Crippen molar-refractivity contribution in [2.45, 2.75) is 13.5 Å². The lowest BCUT2D eigenvalue weighted by Gasteiger charge is -2.36. The molecule has 0 atom stereocenters. The maximum Gasteiger partial charge on any atom is 0.437 e. The molecule has 29 heavy (non-hydrogen) atoms.